The molecule has 0 aromatic carbocycles. The fourth-order valence-electron chi connectivity index (χ4n) is 2.30. The Kier molecular flexibility index (Phi) is 3.14. The van der Waals surface area contributed by atoms with Crippen LogP contribution in [0, 0.1) is 0 Å². The van der Waals surface area contributed by atoms with Gasteiger partial charge in [0, 0.05) is 31.0 Å². The Labute approximate surface area is 94.8 Å². The lowest BCUT2D eigenvalue weighted by atomic mass is 9.94. The predicted molar refractivity (Wildman–Crippen MR) is 61.9 cm³/mol. The van der Waals surface area contributed by atoms with Crippen molar-refractivity contribution in [2.45, 2.75) is 31.8 Å². The zero-order chi connectivity index (χ0) is 11.5. The molecule has 2 rings (SSSR count). The number of amides is 2. The average Bonchev–Trinajstić information content (AvgIpc) is 2.63. The first-order chi connectivity index (χ1) is 7.68. The summed E-state index contributed by atoms with van der Waals surface area (Å²) in [5.74, 6) is 0. The first kappa shape index (κ1) is 11.0. The highest BCUT2D eigenvalue weighted by Gasteiger charge is 2.19. The second-order valence-corrected chi connectivity index (χ2v) is 4.20. The molecule has 88 valence electrons. The molecule has 5 N–H and O–H groups in total. The van der Waals surface area contributed by atoms with Crippen molar-refractivity contribution in [2.75, 3.05) is 6.54 Å². The van der Waals surface area contributed by atoms with Gasteiger partial charge in [-0.2, -0.15) is 0 Å². The highest BCUT2D eigenvalue weighted by molar-refractivity contribution is 5.71. The van der Waals surface area contributed by atoms with E-state index in [0.29, 0.717) is 6.54 Å². The Morgan fingerprint density at radius 3 is 3.19 bits per heavy atom. The number of rotatable bonds is 3. The van der Waals surface area contributed by atoms with Crippen LogP contribution in [0.3, 0.4) is 0 Å². The number of carbonyl (C=O) groups excluding carboxylic acids is 1. The number of hydrogen-bond acceptors (Lipinski definition) is 2. The summed E-state index contributed by atoms with van der Waals surface area (Å²) >= 11 is 0. The lowest BCUT2D eigenvalue weighted by molar-refractivity contribution is 0.248. The molecule has 1 aromatic rings. The fraction of sp³-hybridized carbons (Fsp3) is 0.545. The normalized spacial score (nSPS) is 19.2. The number of nitrogens with one attached hydrogen (secondary N) is 1. The number of aromatic nitrogens is 1. The molecule has 1 aromatic heterocycles. The van der Waals surface area contributed by atoms with Crippen LogP contribution in [0.5, 0.6) is 0 Å². The van der Waals surface area contributed by atoms with E-state index in [4.69, 9.17) is 11.5 Å². The molecule has 0 aliphatic heterocycles. The standard InChI is InChI=1S/C11H18N4O/c12-9-2-1-3-10-8(9)4-6-15(10)7-5-14-11(13)16/h4,6,9H,1-3,5,7,12H2,(H3,13,14,16). The number of nitrogens with zero attached hydrogens (tertiary/aromatic N) is 1. The maximum Gasteiger partial charge on any atom is 0.312 e. The van der Waals surface area contributed by atoms with Crippen LogP contribution in [0.25, 0.3) is 0 Å². The lowest BCUT2D eigenvalue weighted by Gasteiger charge is -2.20. The van der Waals surface area contributed by atoms with Crippen molar-refractivity contribution in [3.8, 4) is 0 Å². The van der Waals surface area contributed by atoms with Gasteiger partial charge in [0.05, 0.1) is 0 Å². The van der Waals surface area contributed by atoms with E-state index in [2.05, 4.69) is 16.0 Å². The van der Waals surface area contributed by atoms with Gasteiger partial charge in [-0.3, -0.25) is 0 Å². The van der Waals surface area contributed by atoms with Crippen LogP contribution < -0.4 is 16.8 Å². The van der Waals surface area contributed by atoms with Gasteiger partial charge in [0.15, 0.2) is 0 Å². The molecule has 1 aliphatic carbocycles. The molecule has 5 heteroatoms. The van der Waals surface area contributed by atoms with E-state index in [1.165, 1.54) is 11.3 Å². The van der Waals surface area contributed by atoms with Gasteiger partial charge in [0.25, 0.3) is 0 Å². The topological polar surface area (TPSA) is 86.1 Å². The average molecular weight is 222 g/mol. The van der Waals surface area contributed by atoms with Crippen LogP contribution in [0.1, 0.15) is 30.1 Å². The van der Waals surface area contributed by atoms with Gasteiger partial charge >= 0.3 is 6.03 Å². The molecule has 1 aliphatic rings. The van der Waals surface area contributed by atoms with Gasteiger partial charge in [-0.25, -0.2) is 4.79 Å². The number of carbonyl (C=O) groups is 1. The SMILES string of the molecule is NC(=O)NCCn1ccc2c1CCCC2N. The zero-order valence-corrected chi connectivity index (χ0v) is 9.28. The molecule has 1 unspecified atom stereocenters. The Hall–Kier alpha value is -1.49. The second-order valence-electron chi connectivity index (χ2n) is 4.20. The summed E-state index contributed by atoms with van der Waals surface area (Å²) in [5.41, 5.74) is 13.6. The zero-order valence-electron chi connectivity index (χ0n) is 9.28. The van der Waals surface area contributed by atoms with E-state index >= 15 is 0 Å². The van der Waals surface area contributed by atoms with Crippen molar-refractivity contribution in [3.05, 3.63) is 23.5 Å². The van der Waals surface area contributed by atoms with Gasteiger partial charge in [-0.15, -0.1) is 0 Å². The number of nitrogens with two attached hydrogens (primary N) is 2. The molecule has 1 atom stereocenters. The summed E-state index contributed by atoms with van der Waals surface area (Å²) in [6, 6.07) is 1.79. The summed E-state index contributed by atoms with van der Waals surface area (Å²) in [4.78, 5) is 10.6. The van der Waals surface area contributed by atoms with Gasteiger partial charge in [-0.05, 0) is 30.9 Å². The Bertz CT molecular complexity index is 385. The predicted octanol–water partition coefficient (Wildman–Crippen LogP) is 0.492. The Morgan fingerprint density at radius 1 is 1.62 bits per heavy atom. The van der Waals surface area contributed by atoms with E-state index in [-0.39, 0.29) is 6.04 Å². The molecule has 0 saturated carbocycles. The molecule has 0 saturated heterocycles. The first-order valence-electron chi connectivity index (χ1n) is 5.65. The maximum atomic E-state index is 10.6. The van der Waals surface area contributed by atoms with Crippen LogP contribution in [0.2, 0.25) is 0 Å². The fourth-order valence-corrected chi connectivity index (χ4v) is 2.30. The van der Waals surface area contributed by atoms with Crippen LogP contribution in [0.15, 0.2) is 12.3 Å². The van der Waals surface area contributed by atoms with Crippen LogP contribution in [0.4, 0.5) is 4.79 Å². The van der Waals surface area contributed by atoms with E-state index in [1.54, 1.807) is 0 Å². The van der Waals surface area contributed by atoms with E-state index in [9.17, 15) is 4.79 Å². The van der Waals surface area contributed by atoms with Gasteiger partial charge < -0.3 is 21.4 Å². The van der Waals surface area contributed by atoms with E-state index in [1.807, 2.05) is 6.20 Å². The highest BCUT2D eigenvalue weighted by atomic mass is 16.2. The first-order valence-corrected chi connectivity index (χ1v) is 5.65. The molecule has 0 spiro atoms. The van der Waals surface area contributed by atoms with Crippen LogP contribution in [-0.4, -0.2) is 17.1 Å². The monoisotopic (exact) mass is 222 g/mol. The van der Waals surface area contributed by atoms with Crippen molar-refractivity contribution in [3.63, 3.8) is 0 Å². The number of hydrogen-bond donors (Lipinski definition) is 3. The summed E-state index contributed by atoms with van der Waals surface area (Å²) in [6.07, 6.45) is 5.32. The Balaban J connectivity index is 2.02. The van der Waals surface area contributed by atoms with Gasteiger partial charge in [0.1, 0.15) is 0 Å². The van der Waals surface area contributed by atoms with Crippen LogP contribution in [-0.2, 0) is 13.0 Å². The largest absolute Gasteiger partial charge is 0.352 e. The maximum absolute atomic E-state index is 10.6. The van der Waals surface area contributed by atoms with Crippen molar-refractivity contribution >= 4 is 6.03 Å². The van der Waals surface area contributed by atoms with E-state index < -0.39 is 6.03 Å². The lowest BCUT2D eigenvalue weighted by Crippen LogP contribution is -2.32. The number of fused-ring (bicyclic) bond motifs is 1. The van der Waals surface area contributed by atoms with Gasteiger partial charge in [-0.1, -0.05) is 0 Å². The summed E-state index contributed by atoms with van der Waals surface area (Å²) < 4.78 is 2.16. The molecule has 16 heavy (non-hydrogen) atoms. The third-order valence-corrected chi connectivity index (χ3v) is 3.09. The van der Waals surface area contributed by atoms with Crippen molar-refractivity contribution in [2.24, 2.45) is 11.5 Å². The van der Waals surface area contributed by atoms with Gasteiger partial charge in [0.2, 0.25) is 0 Å². The summed E-state index contributed by atoms with van der Waals surface area (Å²) in [6.45, 7) is 1.32. The molecular formula is C11H18N4O. The van der Waals surface area contributed by atoms with E-state index in [0.717, 1.165) is 25.8 Å². The smallest absolute Gasteiger partial charge is 0.312 e. The third-order valence-electron chi connectivity index (χ3n) is 3.09. The minimum absolute atomic E-state index is 0.175. The van der Waals surface area contributed by atoms with Crippen molar-refractivity contribution in [1.82, 2.24) is 9.88 Å². The molecule has 2 amide bonds. The molecule has 0 fully saturated rings. The highest BCUT2D eigenvalue weighted by Crippen LogP contribution is 2.28. The Morgan fingerprint density at radius 2 is 2.44 bits per heavy atom. The molecule has 0 radical (unpaired) electrons. The quantitative estimate of drug-likeness (QED) is 0.695. The number of primary amides is 1. The molecule has 5 nitrogen and oxygen atoms in total. The number of urea groups is 1. The molecule has 0 bridgehead atoms. The van der Waals surface area contributed by atoms with Crippen molar-refractivity contribution in [1.29, 1.82) is 0 Å². The molecular weight excluding hydrogens is 204 g/mol. The molecule has 1 heterocycles. The van der Waals surface area contributed by atoms with Crippen LogP contribution >= 0.6 is 0 Å². The van der Waals surface area contributed by atoms with Crippen molar-refractivity contribution < 1.29 is 4.79 Å². The third kappa shape index (κ3) is 2.19. The summed E-state index contributed by atoms with van der Waals surface area (Å²) in [7, 11) is 0. The second kappa shape index (κ2) is 4.57. The summed E-state index contributed by atoms with van der Waals surface area (Å²) in [5, 5.41) is 2.59. The minimum Gasteiger partial charge on any atom is -0.352 e. The minimum atomic E-state index is -0.474.